The van der Waals surface area contributed by atoms with E-state index in [1.54, 1.807) is 11.8 Å². The largest absolute Gasteiger partial charge is 0.367 e. The molecule has 0 radical (unpaired) electrons. The molecule has 1 aliphatic rings. The van der Waals surface area contributed by atoms with Crippen LogP contribution in [-0.2, 0) is 16.1 Å². The molecule has 0 saturated carbocycles. The number of rotatable bonds is 4. The zero-order valence-electron chi connectivity index (χ0n) is 10.8. The summed E-state index contributed by atoms with van der Waals surface area (Å²) in [6.45, 7) is 2.68. The second-order valence-electron chi connectivity index (χ2n) is 4.46. The molecule has 1 aromatic heterocycles. The number of aromatic nitrogens is 3. The fourth-order valence-electron chi connectivity index (χ4n) is 2.22. The Balaban J connectivity index is 1.90. The van der Waals surface area contributed by atoms with Crippen molar-refractivity contribution < 1.29 is 9.59 Å². The van der Waals surface area contributed by atoms with E-state index >= 15 is 0 Å². The van der Waals surface area contributed by atoms with Crippen LogP contribution in [0.2, 0.25) is 0 Å². The molecule has 1 saturated heterocycles. The van der Waals surface area contributed by atoms with Gasteiger partial charge in [0.15, 0.2) is 0 Å². The summed E-state index contributed by atoms with van der Waals surface area (Å²) in [5.41, 5.74) is 5.37. The SMILES string of the molecule is CCC(=O)N1CCC[C@H]1C(=O)NCc1nc(N)n[nH]1. The van der Waals surface area contributed by atoms with Crippen LogP contribution < -0.4 is 11.1 Å². The summed E-state index contributed by atoms with van der Waals surface area (Å²) in [4.78, 5) is 29.3. The second-order valence-corrected chi connectivity index (χ2v) is 4.46. The fraction of sp³-hybridized carbons (Fsp3) is 0.636. The summed E-state index contributed by atoms with van der Waals surface area (Å²) < 4.78 is 0. The third-order valence-corrected chi connectivity index (χ3v) is 3.16. The van der Waals surface area contributed by atoms with Gasteiger partial charge in [0.2, 0.25) is 17.8 Å². The van der Waals surface area contributed by atoms with Gasteiger partial charge in [-0.05, 0) is 12.8 Å². The van der Waals surface area contributed by atoms with Gasteiger partial charge in [0.05, 0.1) is 6.54 Å². The number of likely N-dealkylation sites (tertiary alicyclic amines) is 1. The standard InChI is InChI=1S/C11H18N6O2/c1-2-9(18)17-5-3-4-7(17)10(19)13-6-8-14-11(12)16-15-8/h7H,2-6H2,1H3,(H,13,19)(H3,12,14,15,16)/t7-/m0/s1. The first-order chi connectivity index (χ1) is 9.11. The number of carbonyl (C=O) groups is 2. The van der Waals surface area contributed by atoms with Crippen LogP contribution >= 0.6 is 0 Å². The van der Waals surface area contributed by atoms with Crippen LogP contribution in [0, 0.1) is 0 Å². The Kier molecular flexibility index (Phi) is 3.98. The lowest BCUT2D eigenvalue weighted by atomic mass is 10.2. The Morgan fingerprint density at radius 1 is 1.58 bits per heavy atom. The number of nitrogen functional groups attached to an aromatic ring is 1. The Morgan fingerprint density at radius 2 is 2.37 bits per heavy atom. The van der Waals surface area contributed by atoms with E-state index in [1.807, 2.05) is 0 Å². The lowest BCUT2D eigenvalue weighted by molar-refractivity contribution is -0.138. The Morgan fingerprint density at radius 3 is 3.00 bits per heavy atom. The monoisotopic (exact) mass is 266 g/mol. The lowest BCUT2D eigenvalue weighted by Gasteiger charge is -2.23. The molecule has 0 unspecified atom stereocenters. The van der Waals surface area contributed by atoms with Crippen LogP contribution in [0.1, 0.15) is 32.0 Å². The molecular formula is C11H18N6O2. The Hall–Kier alpha value is -2.12. The molecule has 19 heavy (non-hydrogen) atoms. The predicted octanol–water partition coefficient (Wildman–Crippen LogP) is -0.596. The molecule has 0 aromatic carbocycles. The summed E-state index contributed by atoms with van der Waals surface area (Å²) in [5.74, 6) is 0.501. The van der Waals surface area contributed by atoms with Gasteiger partial charge in [-0.1, -0.05) is 6.92 Å². The molecule has 0 bridgehead atoms. The third-order valence-electron chi connectivity index (χ3n) is 3.16. The maximum Gasteiger partial charge on any atom is 0.243 e. The Bertz CT molecular complexity index is 472. The van der Waals surface area contributed by atoms with Crippen LogP contribution in [0.3, 0.4) is 0 Å². The maximum atomic E-state index is 12.1. The average Bonchev–Trinajstić information content (AvgIpc) is 3.03. The van der Waals surface area contributed by atoms with Gasteiger partial charge in [-0.15, -0.1) is 5.10 Å². The highest BCUT2D eigenvalue weighted by Crippen LogP contribution is 2.18. The number of carbonyl (C=O) groups excluding carboxylic acids is 2. The number of hydrogen-bond donors (Lipinski definition) is 3. The number of nitrogens with two attached hydrogens (primary N) is 1. The van der Waals surface area contributed by atoms with Crippen molar-refractivity contribution in [1.82, 2.24) is 25.4 Å². The van der Waals surface area contributed by atoms with Crippen LogP contribution in [0.4, 0.5) is 5.95 Å². The number of anilines is 1. The van der Waals surface area contributed by atoms with E-state index < -0.39 is 0 Å². The van der Waals surface area contributed by atoms with Gasteiger partial charge >= 0.3 is 0 Å². The van der Waals surface area contributed by atoms with E-state index in [-0.39, 0.29) is 30.3 Å². The third kappa shape index (κ3) is 3.01. The molecule has 1 aliphatic heterocycles. The quantitative estimate of drug-likeness (QED) is 0.673. The predicted molar refractivity (Wildman–Crippen MR) is 67.7 cm³/mol. The van der Waals surface area contributed by atoms with Gasteiger partial charge in [-0.2, -0.15) is 4.98 Å². The topological polar surface area (TPSA) is 117 Å². The van der Waals surface area contributed by atoms with Crippen molar-refractivity contribution in [2.45, 2.75) is 38.8 Å². The normalized spacial score (nSPS) is 18.6. The molecule has 0 aliphatic carbocycles. The Labute approximate surface area is 110 Å². The van der Waals surface area contributed by atoms with Gasteiger partial charge < -0.3 is 16.0 Å². The molecule has 2 amide bonds. The minimum absolute atomic E-state index is 0.0153. The van der Waals surface area contributed by atoms with Crippen molar-refractivity contribution in [3.05, 3.63) is 5.82 Å². The maximum absolute atomic E-state index is 12.1. The minimum Gasteiger partial charge on any atom is -0.367 e. The van der Waals surface area contributed by atoms with Crippen molar-refractivity contribution in [3.8, 4) is 0 Å². The summed E-state index contributed by atoms with van der Waals surface area (Å²) in [7, 11) is 0. The first-order valence-electron chi connectivity index (χ1n) is 6.35. The van der Waals surface area contributed by atoms with Crippen LogP contribution in [0.25, 0.3) is 0 Å². The summed E-state index contributed by atoms with van der Waals surface area (Å²) in [5, 5.41) is 9.03. The van der Waals surface area contributed by atoms with Gasteiger partial charge in [0.1, 0.15) is 11.9 Å². The lowest BCUT2D eigenvalue weighted by Crippen LogP contribution is -2.45. The highest BCUT2D eigenvalue weighted by atomic mass is 16.2. The molecule has 4 N–H and O–H groups in total. The van der Waals surface area contributed by atoms with Crippen molar-refractivity contribution >= 4 is 17.8 Å². The van der Waals surface area contributed by atoms with E-state index in [2.05, 4.69) is 20.5 Å². The van der Waals surface area contributed by atoms with Gasteiger partial charge in [-0.3, -0.25) is 14.7 Å². The highest BCUT2D eigenvalue weighted by molar-refractivity contribution is 5.88. The number of nitrogens with zero attached hydrogens (tertiary/aromatic N) is 3. The summed E-state index contributed by atoms with van der Waals surface area (Å²) in [6.07, 6.45) is 1.98. The van der Waals surface area contributed by atoms with Crippen molar-refractivity contribution in [2.75, 3.05) is 12.3 Å². The minimum atomic E-state index is -0.368. The number of amides is 2. The van der Waals surface area contributed by atoms with Crippen LogP contribution in [-0.4, -0.2) is 44.5 Å². The summed E-state index contributed by atoms with van der Waals surface area (Å²) >= 11 is 0. The number of aromatic amines is 1. The molecule has 1 atom stereocenters. The molecule has 8 heteroatoms. The van der Waals surface area contributed by atoms with E-state index in [1.165, 1.54) is 0 Å². The molecular weight excluding hydrogens is 248 g/mol. The van der Waals surface area contributed by atoms with Crippen molar-refractivity contribution in [3.63, 3.8) is 0 Å². The molecule has 8 nitrogen and oxygen atoms in total. The van der Waals surface area contributed by atoms with E-state index in [0.717, 1.165) is 6.42 Å². The number of nitrogens with one attached hydrogen (secondary N) is 2. The zero-order chi connectivity index (χ0) is 13.8. The van der Waals surface area contributed by atoms with E-state index in [4.69, 9.17) is 5.73 Å². The molecule has 2 rings (SSSR count). The smallest absolute Gasteiger partial charge is 0.243 e. The molecule has 0 spiro atoms. The summed E-state index contributed by atoms with van der Waals surface area (Å²) in [6, 6.07) is -0.368. The first kappa shape index (κ1) is 13.3. The number of hydrogen-bond acceptors (Lipinski definition) is 5. The molecule has 2 heterocycles. The second kappa shape index (κ2) is 5.68. The van der Waals surface area contributed by atoms with Gasteiger partial charge in [0.25, 0.3) is 0 Å². The van der Waals surface area contributed by atoms with Gasteiger partial charge in [-0.25, -0.2) is 0 Å². The molecule has 1 fully saturated rings. The van der Waals surface area contributed by atoms with E-state index in [9.17, 15) is 9.59 Å². The first-order valence-corrected chi connectivity index (χ1v) is 6.35. The molecule has 104 valence electrons. The number of H-pyrrole nitrogens is 1. The fourth-order valence-corrected chi connectivity index (χ4v) is 2.22. The highest BCUT2D eigenvalue weighted by Gasteiger charge is 2.33. The average molecular weight is 266 g/mol. The molecule has 1 aromatic rings. The van der Waals surface area contributed by atoms with Crippen molar-refractivity contribution in [1.29, 1.82) is 0 Å². The van der Waals surface area contributed by atoms with Gasteiger partial charge in [0, 0.05) is 13.0 Å². The van der Waals surface area contributed by atoms with Crippen LogP contribution in [0.5, 0.6) is 0 Å². The van der Waals surface area contributed by atoms with Crippen molar-refractivity contribution in [2.24, 2.45) is 0 Å². The van der Waals surface area contributed by atoms with E-state index in [0.29, 0.717) is 25.2 Å². The zero-order valence-corrected chi connectivity index (χ0v) is 10.8. The van der Waals surface area contributed by atoms with Crippen LogP contribution in [0.15, 0.2) is 0 Å².